The number of ether oxygens (including phenoxy) is 4. The number of carbonyl (C=O) groups excluding carboxylic acids is 2. The Labute approximate surface area is 239 Å². The van der Waals surface area contributed by atoms with Crippen LogP contribution < -0.4 is 18.9 Å². The minimum atomic E-state index is -0.875. The van der Waals surface area contributed by atoms with E-state index in [0.29, 0.717) is 66.5 Å². The summed E-state index contributed by atoms with van der Waals surface area (Å²) < 4.78 is 23.2. The Bertz CT molecular complexity index is 1450. The second kappa shape index (κ2) is 12.3. The number of hydrogen-bond donors (Lipinski definition) is 1. The first kappa shape index (κ1) is 28.0. The average Bonchev–Trinajstić information content (AvgIpc) is 3.22. The number of nitrogens with zero attached hydrogens (tertiary/aromatic N) is 2. The molecule has 0 bridgehead atoms. The predicted octanol–water partition coefficient (Wildman–Crippen LogP) is 5.30. The topological polar surface area (TPSA) is 107 Å². The number of fused-ring (bicyclic) bond motifs is 1. The molecule has 1 fully saturated rings. The number of aliphatic hydroxyl groups excluding tert-OH is 1. The number of hydrogen-bond acceptors (Lipinski definition) is 8. The SMILES string of the molecule is CCOc1cc([C@@H]2C(=C(O)c3ccc4c(c3)OCCO4)C(=O)C(=O)N2Cc2ccncc2)ccc1OCCC(C)C. The van der Waals surface area contributed by atoms with Gasteiger partial charge < -0.3 is 29.0 Å². The Balaban J connectivity index is 1.60. The van der Waals surface area contributed by atoms with Crippen molar-refractivity contribution in [2.45, 2.75) is 39.8 Å². The molecule has 0 unspecified atom stereocenters. The van der Waals surface area contributed by atoms with E-state index in [1.54, 1.807) is 60.9 Å². The predicted molar refractivity (Wildman–Crippen MR) is 152 cm³/mol. The summed E-state index contributed by atoms with van der Waals surface area (Å²) in [5.41, 5.74) is 1.73. The van der Waals surface area contributed by atoms with Gasteiger partial charge in [0, 0.05) is 24.5 Å². The number of carbonyl (C=O) groups is 2. The van der Waals surface area contributed by atoms with Gasteiger partial charge in [0.1, 0.15) is 19.0 Å². The molecule has 1 saturated heterocycles. The van der Waals surface area contributed by atoms with Crippen LogP contribution in [0.2, 0.25) is 0 Å². The van der Waals surface area contributed by atoms with Gasteiger partial charge in [-0.3, -0.25) is 14.6 Å². The summed E-state index contributed by atoms with van der Waals surface area (Å²) in [5.74, 6) is 0.807. The van der Waals surface area contributed by atoms with Gasteiger partial charge in [-0.1, -0.05) is 19.9 Å². The lowest BCUT2D eigenvalue weighted by Gasteiger charge is -2.26. The van der Waals surface area contributed by atoms with E-state index in [1.165, 1.54) is 4.90 Å². The van der Waals surface area contributed by atoms with Crippen LogP contribution >= 0.6 is 0 Å². The van der Waals surface area contributed by atoms with Crippen molar-refractivity contribution >= 4 is 17.4 Å². The highest BCUT2D eigenvalue weighted by Crippen LogP contribution is 2.43. The number of ketones is 1. The summed E-state index contributed by atoms with van der Waals surface area (Å²) in [6.45, 7) is 8.01. The summed E-state index contributed by atoms with van der Waals surface area (Å²) in [6.07, 6.45) is 4.15. The molecule has 3 heterocycles. The number of Topliss-reactive ketones (excluding diaryl/α,β-unsaturated/α-hetero) is 1. The van der Waals surface area contributed by atoms with E-state index in [-0.39, 0.29) is 17.9 Å². The van der Waals surface area contributed by atoms with Gasteiger partial charge in [0.05, 0.1) is 24.8 Å². The molecule has 41 heavy (non-hydrogen) atoms. The summed E-state index contributed by atoms with van der Waals surface area (Å²) in [4.78, 5) is 32.5. The number of aliphatic hydroxyl groups is 1. The van der Waals surface area contributed by atoms with Crippen LogP contribution in [-0.4, -0.2) is 53.1 Å². The number of benzene rings is 2. The molecule has 3 aromatic rings. The van der Waals surface area contributed by atoms with Crippen molar-refractivity contribution in [1.29, 1.82) is 0 Å². The van der Waals surface area contributed by atoms with Crippen LogP contribution in [0.25, 0.3) is 5.76 Å². The Hall–Kier alpha value is -4.53. The smallest absolute Gasteiger partial charge is 0.295 e. The zero-order valence-corrected chi connectivity index (χ0v) is 23.5. The van der Waals surface area contributed by atoms with Gasteiger partial charge in [0.25, 0.3) is 11.7 Å². The second-order valence-corrected chi connectivity index (χ2v) is 10.3. The van der Waals surface area contributed by atoms with E-state index < -0.39 is 17.7 Å². The zero-order valence-electron chi connectivity index (χ0n) is 23.5. The van der Waals surface area contributed by atoms with E-state index in [4.69, 9.17) is 18.9 Å². The zero-order chi connectivity index (χ0) is 28.9. The molecule has 2 aromatic carbocycles. The number of rotatable bonds is 10. The monoisotopic (exact) mass is 558 g/mol. The molecule has 1 atom stereocenters. The maximum atomic E-state index is 13.5. The molecule has 1 N–H and O–H groups in total. The molecule has 1 amide bonds. The van der Waals surface area contributed by atoms with Crippen molar-refractivity contribution in [3.63, 3.8) is 0 Å². The Morgan fingerprint density at radius 3 is 2.49 bits per heavy atom. The molecule has 0 aliphatic carbocycles. The number of aromatic nitrogens is 1. The molecule has 9 heteroatoms. The first-order chi connectivity index (χ1) is 19.9. The number of likely N-dealkylation sites (tertiary alicyclic amines) is 1. The number of amides is 1. The van der Waals surface area contributed by atoms with Gasteiger partial charge in [0.2, 0.25) is 0 Å². The normalized spacial score (nSPS) is 17.7. The van der Waals surface area contributed by atoms with Gasteiger partial charge >= 0.3 is 0 Å². The van der Waals surface area contributed by atoms with Crippen LogP contribution in [0.4, 0.5) is 0 Å². The van der Waals surface area contributed by atoms with E-state index in [0.717, 1.165) is 12.0 Å². The Morgan fingerprint density at radius 1 is 1.00 bits per heavy atom. The highest BCUT2D eigenvalue weighted by Gasteiger charge is 2.46. The third-order valence-corrected chi connectivity index (χ3v) is 6.99. The third kappa shape index (κ3) is 5.99. The second-order valence-electron chi connectivity index (χ2n) is 10.3. The highest BCUT2D eigenvalue weighted by molar-refractivity contribution is 6.46. The molecule has 0 saturated carbocycles. The standard InChI is InChI=1S/C32H34N2O7/c1-4-38-26-17-22(5-7-24(26)39-14-11-20(2)3)29-28(30(35)23-6-8-25-27(18-23)41-16-15-40-25)31(36)32(37)34(29)19-21-9-12-33-13-10-21/h5-10,12-13,17-18,20,29,35H,4,11,14-16,19H2,1-3H3/t29-/m1/s1. The molecule has 214 valence electrons. The van der Waals surface area contributed by atoms with E-state index in [2.05, 4.69) is 18.8 Å². The van der Waals surface area contributed by atoms with Gasteiger partial charge in [-0.2, -0.15) is 0 Å². The fourth-order valence-corrected chi connectivity index (χ4v) is 4.91. The van der Waals surface area contributed by atoms with Crippen LogP contribution in [-0.2, 0) is 16.1 Å². The molecule has 0 radical (unpaired) electrons. The summed E-state index contributed by atoms with van der Waals surface area (Å²) in [5, 5.41) is 11.5. The minimum absolute atomic E-state index is 0.0170. The van der Waals surface area contributed by atoms with Crippen molar-refractivity contribution in [2.24, 2.45) is 5.92 Å². The van der Waals surface area contributed by atoms with E-state index >= 15 is 0 Å². The molecular formula is C32H34N2O7. The first-order valence-corrected chi connectivity index (χ1v) is 13.8. The van der Waals surface area contributed by atoms with E-state index in [9.17, 15) is 14.7 Å². The quantitative estimate of drug-likeness (QED) is 0.203. The fourth-order valence-electron chi connectivity index (χ4n) is 4.91. The van der Waals surface area contributed by atoms with Gasteiger partial charge in [-0.05, 0) is 72.9 Å². The van der Waals surface area contributed by atoms with Crippen LogP contribution in [0, 0.1) is 5.92 Å². The molecule has 1 aromatic heterocycles. The lowest BCUT2D eigenvalue weighted by atomic mass is 9.94. The molecular weight excluding hydrogens is 524 g/mol. The molecule has 0 spiro atoms. The van der Waals surface area contributed by atoms with Gasteiger partial charge in [0.15, 0.2) is 23.0 Å². The Morgan fingerprint density at radius 2 is 1.76 bits per heavy atom. The molecule has 5 rings (SSSR count). The van der Waals surface area contributed by atoms with Crippen molar-refractivity contribution in [3.05, 3.63) is 83.2 Å². The van der Waals surface area contributed by atoms with Gasteiger partial charge in [-0.15, -0.1) is 0 Å². The van der Waals surface area contributed by atoms with Crippen LogP contribution in [0.1, 0.15) is 49.9 Å². The van der Waals surface area contributed by atoms with Crippen molar-refractivity contribution in [2.75, 3.05) is 26.4 Å². The van der Waals surface area contributed by atoms with E-state index in [1.807, 2.05) is 6.92 Å². The lowest BCUT2D eigenvalue weighted by molar-refractivity contribution is -0.140. The summed E-state index contributed by atoms with van der Waals surface area (Å²) in [6, 6.07) is 13.0. The van der Waals surface area contributed by atoms with Crippen molar-refractivity contribution in [3.8, 4) is 23.0 Å². The van der Waals surface area contributed by atoms with Crippen molar-refractivity contribution in [1.82, 2.24) is 9.88 Å². The number of pyridine rings is 1. The highest BCUT2D eigenvalue weighted by atomic mass is 16.6. The van der Waals surface area contributed by atoms with Crippen molar-refractivity contribution < 1.29 is 33.6 Å². The molecule has 2 aliphatic rings. The largest absolute Gasteiger partial charge is 0.507 e. The minimum Gasteiger partial charge on any atom is -0.507 e. The molecule has 9 nitrogen and oxygen atoms in total. The third-order valence-electron chi connectivity index (χ3n) is 6.99. The van der Waals surface area contributed by atoms with Crippen LogP contribution in [0.3, 0.4) is 0 Å². The Kier molecular flexibility index (Phi) is 8.42. The van der Waals surface area contributed by atoms with Crippen LogP contribution in [0.15, 0.2) is 66.5 Å². The lowest BCUT2D eigenvalue weighted by Crippen LogP contribution is -2.29. The summed E-state index contributed by atoms with van der Waals surface area (Å²) in [7, 11) is 0. The average molecular weight is 559 g/mol. The van der Waals surface area contributed by atoms with Gasteiger partial charge in [-0.25, -0.2) is 0 Å². The fraction of sp³-hybridized carbons (Fsp3) is 0.344. The molecule has 2 aliphatic heterocycles. The van der Waals surface area contributed by atoms with Crippen LogP contribution in [0.5, 0.6) is 23.0 Å². The first-order valence-electron chi connectivity index (χ1n) is 13.8. The maximum Gasteiger partial charge on any atom is 0.295 e. The summed E-state index contributed by atoms with van der Waals surface area (Å²) >= 11 is 0. The maximum absolute atomic E-state index is 13.5.